The molecule has 2 aromatic rings. The van der Waals surface area contributed by atoms with Gasteiger partial charge in [-0.2, -0.15) is 0 Å². The van der Waals surface area contributed by atoms with E-state index in [1.807, 2.05) is 12.1 Å². The van der Waals surface area contributed by atoms with E-state index in [9.17, 15) is 14.7 Å². The summed E-state index contributed by atoms with van der Waals surface area (Å²) >= 11 is 0. The standard InChI is InChI=1S/C22H26N4O5/c27-19-7-10-26(13-19)20(28)17-3-1-16(2-4-17)18-11-23-21(24-12-18)31-14-15-5-8-25(9-6-15)22(29)30/h1-4,11-12,15,19,27H,5-10,13-14H2,(H,29,30). The van der Waals surface area contributed by atoms with Crippen molar-refractivity contribution in [2.45, 2.75) is 25.4 Å². The Bertz CT molecular complexity index is 911. The molecule has 0 spiro atoms. The molecule has 1 unspecified atom stereocenters. The van der Waals surface area contributed by atoms with Crippen molar-refractivity contribution in [1.29, 1.82) is 0 Å². The number of carboxylic acid groups (broad SMARTS) is 1. The van der Waals surface area contributed by atoms with Crippen molar-refractivity contribution >= 4 is 12.0 Å². The Morgan fingerprint density at radius 1 is 0.968 bits per heavy atom. The van der Waals surface area contributed by atoms with Crippen LogP contribution in [0.3, 0.4) is 0 Å². The van der Waals surface area contributed by atoms with Crippen molar-refractivity contribution in [1.82, 2.24) is 19.8 Å². The van der Waals surface area contributed by atoms with Gasteiger partial charge < -0.3 is 24.7 Å². The smallest absolute Gasteiger partial charge is 0.407 e. The second-order valence-corrected chi connectivity index (χ2v) is 8.05. The number of nitrogens with zero attached hydrogens (tertiary/aromatic N) is 4. The molecule has 2 amide bonds. The van der Waals surface area contributed by atoms with E-state index in [0.717, 1.165) is 24.0 Å². The summed E-state index contributed by atoms with van der Waals surface area (Å²) in [6.45, 7) is 2.49. The fourth-order valence-corrected chi connectivity index (χ4v) is 3.94. The SMILES string of the molecule is O=C(O)N1CCC(COc2ncc(-c3ccc(C(=O)N4CCC(O)C4)cc3)cn2)CC1. The first-order valence-electron chi connectivity index (χ1n) is 10.5. The highest BCUT2D eigenvalue weighted by Gasteiger charge is 2.25. The fraction of sp³-hybridized carbons (Fsp3) is 0.455. The van der Waals surface area contributed by atoms with Gasteiger partial charge in [-0.3, -0.25) is 4.79 Å². The number of likely N-dealkylation sites (tertiary alicyclic amines) is 2. The van der Waals surface area contributed by atoms with E-state index in [0.29, 0.717) is 56.7 Å². The molecular weight excluding hydrogens is 400 g/mol. The maximum atomic E-state index is 12.5. The molecule has 2 aliphatic heterocycles. The highest BCUT2D eigenvalue weighted by atomic mass is 16.5. The first kappa shape index (κ1) is 21.0. The van der Waals surface area contributed by atoms with Crippen LogP contribution in [-0.4, -0.2) is 80.9 Å². The van der Waals surface area contributed by atoms with E-state index in [4.69, 9.17) is 9.84 Å². The molecular formula is C22H26N4O5. The number of hydrogen-bond acceptors (Lipinski definition) is 6. The third-order valence-corrected chi connectivity index (χ3v) is 5.88. The lowest BCUT2D eigenvalue weighted by Crippen LogP contribution is -2.38. The van der Waals surface area contributed by atoms with Crippen molar-refractivity contribution in [3.63, 3.8) is 0 Å². The summed E-state index contributed by atoms with van der Waals surface area (Å²) in [5.41, 5.74) is 2.30. The molecule has 1 aromatic carbocycles. The van der Waals surface area contributed by atoms with Crippen molar-refractivity contribution in [3.8, 4) is 17.1 Å². The third-order valence-electron chi connectivity index (χ3n) is 5.88. The summed E-state index contributed by atoms with van der Waals surface area (Å²) in [7, 11) is 0. The topological polar surface area (TPSA) is 116 Å². The van der Waals surface area contributed by atoms with E-state index < -0.39 is 12.2 Å². The molecule has 2 aliphatic rings. The minimum atomic E-state index is -0.870. The first-order chi connectivity index (χ1) is 15.0. The van der Waals surface area contributed by atoms with Gasteiger partial charge in [-0.15, -0.1) is 0 Å². The van der Waals surface area contributed by atoms with Crippen LogP contribution < -0.4 is 4.74 Å². The Labute approximate surface area is 180 Å². The van der Waals surface area contributed by atoms with Gasteiger partial charge >= 0.3 is 12.1 Å². The number of aromatic nitrogens is 2. The minimum absolute atomic E-state index is 0.0720. The van der Waals surface area contributed by atoms with E-state index in [2.05, 4.69) is 9.97 Å². The maximum absolute atomic E-state index is 12.5. The van der Waals surface area contributed by atoms with Gasteiger partial charge in [0.2, 0.25) is 0 Å². The number of ether oxygens (including phenoxy) is 1. The van der Waals surface area contributed by atoms with Crippen molar-refractivity contribution < 1.29 is 24.5 Å². The normalized spacial score (nSPS) is 19.5. The molecule has 1 atom stereocenters. The summed E-state index contributed by atoms with van der Waals surface area (Å²) in [6.07, 6.45) is 4.23. The van der Waals surface area contributed by atoms with Crippen LogP contribution in [0.1, 0.15) is 29.6 Å². The van der Waals surface area contributed by atoms with Crippen LogP contribution in [0, 0.1) is 5.92 Å². The summed E-state index contributed by atoms with van der Waals surface area (Å²) in [5, 5.41) is 18.6. The molecule has 0 aliphatic carbocycles. The molecule has 1 aromatic heterocycles. The van der Waals surface area contributed by atoms with Crippen LogP contribution in [0.4, 0.5) is 4.79 Å². The van der Waals surface area contributed by atoms with Gasteiger partial charge in [-0.25, -0.2) is 14.8 Å². The molecule has 0 saturated carbocycles. The lowest BCUT2D eigenvalue weighted by molar-refractivity contribution is 0.0765. The predicted molar refractivity (Wildman–Crippen MR) is 112 cm³/mol. The van der Waals surface area contributed by atoms with E-state index in [-0.39, 0.29) is 5.91 Å². The molecule has 4 rings (SSSR count). The highest BCUT2D eigenvalue weighted by Crippen LogP contribution is 2.22. The molecule has 2 fully saturated rings. The Morgan fingerprint density at radius 2 is 1.61 bits per heavy atom. The Hall–Kier alpha value is -3.20. The molecule has 0 radical (unpaired) electrons. The lowest BCUT2D eigenvalue weighted by atomic mass is 9.98. The van der Waals surface area contributed by atoms with Gasteiger partial charge in [0.05, 0.1) is 12.7 Å². The Kier molecular flexibility index (Phi) is 6.31. The first-order valence-corrected chi connectivity index (χ1v) is 10.5. The number of piperidine rings is 1. The van der Waals surface area contributed by atoms with Crippen LogP contribution in [-0.2, 0) is 0 Å². The van der Waals surface area contributed by atoms with Crippen LogP contribution in [0.2, 0.25) is 0 Å². The van der Waals surface area contributed by atoms with Gasteiger partial charge in [-0.1, -0.05) is 12.1 Å². The summed E-state index contributed by atoms with van der Waals surface area (Å²) in [6, 6.07) is 7.56. The summed E-state index contributed by atoms with van der Waals surface area (Å²) < 4.78 is 5.69. The van der Waals surface area contributed by atoms with E-state index in [1.165, 1.54) is 4.90 Å². The average Bonchev–Trinajstić information content (AvgIpc) is 3.24. The number of amides is 2. The number of hydrogen-bond donors (Lipinski definition) is 2. The number of carbonyl (C=O) groups is 2. The van der Waals surface area contributed by atoms with Gasteiger partial charge in [0, 0.05) is 49.7 Å². The largest absolute Gasteiger partial charge is 0.465 e. The van der Waals surface area contributed by atoms with Crippen molar-refractivity contribution in [2.24, 2.45) is 5.92 Å². The molecule has 3 heterocycles. The second kappa shape index (κ2) is 9.30. The number of benzene rings is 1. The molecule has 31 heavy (non-hydrogen) atoms. The minimum Gasteiger partial charge on any atom is -0.465 e. The number of aliphatic hydroxyl groups is 1. The fourth-order valence-electron chi connectivity index (χ4n) is 3.94. The van der Waals surface area contributed by atoms with Crippen LogP contribution >= 0.6 is 0 Å². The monoisotopic (exact) mass is 426 g/mol. The Balaban J connectivity index is 1.30. The van der Waals surface area contributed by atoms with Crippen LogP contribution in [0.5, 0.6) is 6.01 Å². The average molecular weight is 426 g/mol. The molecule has 2 N–H and O–H groups in total. The molecule has 164 valence electrons. The second-order valence-electron chi connectivity index (χ2n) is 8.05. The zero-order chi connectivity index (χ0) is 21.8. The molecule has 9 nitrogen and oxygen atoms in total. The predicted octanol–water partition coefficient (Wildman–Crippen LogP) is 2.12. The zero-order valence-corrected chi connectivity index (χ0v) is 17.2. The van der Waals surface area contributed by atoms with E-state index in [1.54, 1.807) is 29.4 Å². The highest BCUT2D eigenvalue weighted by molar-refractivity contribution is 5.94. The van der Waals surface area contributed by atoms with Gasteiger partial charge in [0.1, 0.15) is 0 Å². The van der Waals surface area contributed by atoms with Gasteiger partial charge in [0.25, 0.3) is 5.91 Å². The van der Waals surface area contributed by atoms with Gasteiger partial charge in [-0.05, 0) is 42.9 Å². The van der Waals surface area contributed by atoms with Crippen molar-refractivity contribution in [3.05, 3.63) is 42.2 Å². The van der Waals surface area contributed by atoms with Gasteiger partial charge in [0.15, 0.2) is 0 Å². The number of rotatable bonds is 5. The van der Waals surface area contributed by atoms with E-state index >= 15 is 0 Å². The molecule has 0 bridgehead atoms. The zero-order valence-electron chi connectivity index (χ0n) is 17.2. The molecule has 9 heteroatoms. The quantitative estimate of drug-likeness (QED) is 0.752. The lowest BCUT2D eigenvalue weighted by Gasteiger charge is -2.29. The summed E-state index contributed by atoms with van der Waals surface area (Å²) in [5.74, 6) is 0.220. The Morgan fingerprint density at radius 3 is 2.19 bits per heavy atom. The number of β-amino-alcohol motifs (C(OH)–C–C–N with tert-alkyl or cyclic N) is 1. The maximum Gasteiger partial charge on any atom is 0.407 e. The number of aliphatic hydroxyl groups excluding tert-OH is 1. The third kappa shape index (κ3) is 5.11. The van der Waals surface area contributed by atoms with Crippen LogP contribution in [0.25, 0.3) is 11.1 Å². The summed E-state index contributed by atoms with van der Waals surface area (Å²) in [4.78, 5) is 35.1. The van der Waals surface area contributed by atoms with Crippen molar-refractivity contribution in [2.75, 3.05) is 32.8 Å². The molecule has 2 saturated heterocycles. The van der Waals surface area contributed by atoms with Crippen LogP contribution in [0.15, 0.2) is 36.7 Å². The number of carbonyl (C=O) groups excluding carboxylic acids is 1.